The summed E-state index contributed by atoms with van der Waals surface area (Å²) in [6.45, 7) is 0.901. The second-order valence-electron chi connectivity index (χ2n) is 6.98. The van der Waals surface area contributed by atoms with Gasteiger partial charge in [0.1, 0.15) is 0 Å². The number of nitrogens with zero attached hydrogens (tertiary/aromatic N) is 2. The van der Waals surface area contributed by atoms with E-state index in [2.05, 4.69) is 0 Å². The van der Waals surface area contributed by atoms with E-state index in [1.807, 2.05) is 24.3 Å². The minimum atomic E-state index is -0.483. The van der Waals surface area contributed by atoms with E-state index in [-0.39, 0.29) is 28.8 Å². The molecule has 7 heteroatoms. The lowest BCUT2D eigenvalue weighted by molar-refractivity contribution is -0.147. The number of hydrogen-bond acceptors (Lipinski definition) is 4. The molecule has 1 aromatic rings. The summed E-state index contributed by atoms with van der Waals surface area (Å²) in [5.74, 6) is 0.202. The van der Waals surface area contributed by atoms with Crippen molar-refractivity contribution in [3.63, 3.8) is 0 Å². The maximum atomic E-state index is 13.3. The van der Waals surface area contributed by atoms with Crippen LogP contribution in [0.25, 0.3) is 0 Å². The van der Waals surface area contributed by atoms with Crippen LogP contribution < -0.4 is 0 Å². The molecule has 0 N–H and O–H groups in total. The Bertz CT molecular complexity index is 708. The smallest absolute Gasteiger partial charge is 0.289 e. The van der Waals surface area contributed by atoms with Crippen LogP contribution in [-0.2, 0) is 15.0 Å². The number of halogens is 1. The molecule has 3 fully saturated rings. The number of likely N-dealkylation sites (tertiary alicyclic amines) is 1. The van der Waals surface area contributed by atoms with Crippen LogP contribution in [0.5, 0.6) is 0 Å². The van der Waals surface area contributed by atoms with E-state index < -0.39 is 5.41 Å². The molecule has 1 aliphatic carbocycles. The number of carbonyl (C=O) groups is 3. The molecule has 0 bridgehead atoms. The highest BCUT2D eigenvalue weighted by Crippen LogP contribution is 2.44. The summed E-state index contributed by atoms with van der Waals surface area (Å²) in [5.41, 5.74) is 0.537. The van der Waals surface area contributed by atoms with Gasteiger partial charge in [-0.05, 0) is 30.5 Å². The molecular formula is C18H19ClN2O3S. The summed E-state index contributed by atoms with van der Waals surface area (Å²) in [5, 5.41) is 0.479. The first-order valence-electron chi connectivity index (χ1n) is 8.55. The second-order valence-corrected chi connectivity index (χ2v) is 8.34. The minimum Gasteiger partial charge on any atom is -0.338 e. The Morgan fingerprint density at radius 3 is 2.32 bits per heavy atom. The number of rotatable bonds is 3. The molecular weight excluding hydrogens is 360 g/mol. The van der Waals surface area contributed by atoms with Gasteiger partial charge in [0.25, 0.3) is 5.24 Å². The predicted molar refractivity (Wildman–Crippen MR) is 96.7 cm³/mol. The number of thioether (sulfide) groups is 1. The number of benzene rings is 1. The molecule has 0 unspecified atom stereocenters. The van der Waals surface area contributed by atoms with E-state index in [4.69, 9.17) is 11.6 Å². The highest BCUT2D eigenvalue weighted by atomic mass is 35.5. The zero-order valence-electron chi connectivity index (χ0n) is 13.7. The Morgan fingerprint density at radius 2 is 1.76 bits per heavy atom. The highest BCUT2D eigenvalue weighted by molar-refractivity contribution is 8.14. The summed E-state index contributed by atoms with van der Waals surface area (Å²) in [7, 11) is 0. The molecule has 1 saturated carbocycles. The van der Waals surface area contributed by atoms with Crippen molar-refractivity contribution >= 4 is 40.4 Å². The molecule has 2 aliphatic heterocycles. The molecule has 0 atom stereocenters. The SMILES string of the molecule is O=C1CSC(=O)N1C1CN(C(=O)C2(c3ccc(Cl)cc3)CCCC2)C1. The second kappa shape index (κ2) is 6.32. The Morgan fingerprint density at radius 1 is 1.12 bits per heavy atom. The van der Waals surface area contributed by atoms with Crippen molar-refractivity contribution in [2.45, 2.75) is 37.1 Å². The Hall–Kier alpha value is -1.53. The van der Waals surface area contributed by atoms with Crippen LogP contribution >= 0.6 is 23.4 Å². The van der Waals surface area contributed by atoms with Gasteiger partial charge in [0.2, 0.25) is 11.8 Å². The number of amides is 3. The maximum absolute atomic E-state index is 13.3. The van der Waals surface area contributed by atoms with Crippen LogP contribution in [0.2, 0.25) is 5.02 Å². The topological polar surface area (TPSA) is 57.7 Å². The van der Waals surface area contributed by atoms with Crippen LogP contribution in [0, 0.1) is 0 Å². The molecule has 0 radical (unpaired) electrons. The van der Waals surface area contributed by atoms with Gasteiger partial charge in [0.05, 0.1) is 17.2 Å². The fourth-order valence-electron chi connectivity index (χ4n) is 4.18. The maximum Gasteiger partial charge on any atom is 0.289 e. The van der Waals surface area contributed by atoms with Gasteiger partial charge < -0.3 is 4.90 Å². The third kappa shape index (κ3) is 2.75. The monoisotopic (exact) mass is 378 g/mol. The summed E-state index contributed by atoms with van der Waals surface area (Å²) < 4.78 is 0. The average molecular weight is 379 g/mol. The third-order valence-electron chi connectivity index (χ3n) is 5.56. The lowest BCUT2D eigenvalue weighted by atomic mass is 9.76. The van der Waals surface area contributed by atoms with Crippen LogP contribution in [0.3, 0.4) is 0 Å². The molecule has 25 heavy (non-hydrogen) atoms. The number of carbonyl (C=O) groups excluding carboxylic acids is 3. The quantitative estimate of drug-likeness (QED) is 0.811. The van der Waals surface area contributed by atoms with Crippen molar-refractivity contribution in [3.05, 3.63) is 34.9 Å². The fraction of sp³-hybridized carbons (Fsp3) is 0.500. The molecule has 2 saturated heterocycles. The zero-order valence-corrected chi connectivity index (χ0v) is 15.3. The first-order valence-corrected chi connectivity index (χ1v) is 9.92. The largest absolute Gasteiger partial charge is 0.338 e. The van der Waals surface area contributed by atoms with E-state index in [9.17, 15) is 14.4 Å². The summed E-state index contributed by atoms with van der Waals surface area (Å²) in [6, 6.07) is 7.41. The van der Waals surface area contributed by atoms with Gasteiger partial charge in [-0.2, -0.15) is 0 Å². The van der Waals surface area contributed by atoms with Gasteiger partial charge >= 0.3 is 0 Å². The molecule has 0 spiro atoms. The molecule has 4 rings (SSSR count). The Kier molecular flexibility index (Phi) is 4.28. The first kappa shape index (κ1) is 16.9. The Balaban J connectivity index is 1.51. The third-order valence-corrected chi connectivity index (χ3v) is 6.65. The van der Waals surface area contributed by atoms with Crippen molar-refractivity contribution in [3.8, 4) is 0 Å². The number of hydrogen-bond donors (Lipinski definition) is 0. The van der Waals surface area contributed by atoms with Crippen LogP contribution in [0.4, 0.5) is 4.79 Å². The van der Waals surface area contributed by atoms with Crippen LogP contribution in [0.1, 0.15) is 31.2 Å². The lowest BCUT2D eigenvalue weighted by Crippen LogP contribution is -2.64. The highest BCUT2D eigenvalue weighted by Gasteiger charge is 2.50. The fourth-order valence-corrected chi connectivity index (χ4v) is 5.08. The van der Waals surface area contributed by atoms with E-state index >= 15 is 0 Å². The first-order chi connectivity index (χ1) is 12.0. The zero-order chi connectivity index (χ0) is 17.6. The summed E-state index contributed by atoms with van der Waals surface area (Å²) >= 11 is 7.04. The van der Waals surface area contributed by atoms with Crippen molar-refractivity contribution in [2.24, 2.45) is 0 Å². The van der Waals surface area contributed by atoms with Gasteiger partial charge in [-0.15, -0.1) is 0 Å². The van der Waals surface area contributed by atoms with Crippen LogP contribution in [0.15, 0.2) is 24.3 Å². The Labute approximate surface area is 155 Å². The minimum absolute atomic E-state index is 0.121. The van der Waals surface area contributed by atoms with Gasteiger partial charge in [-0.25, -0.2) is 0 Å². The summed E-state index contributed by atoms with van der Waals surface area (Å²) in [4.78, 5) is 40.0. The van der Waals surface area contributed by atoms with Crippen LogP contribution in [-0.4, -0.2) is 51.7 Å². The molecule has 0 aromatic heterocycles. The van der Waals surface area contributed by atoms with Crippen molar-refractivity contribution in [2.75, 3.05) is 18.8 Å². The molecule has 2 heterocycles. The van der Waals surface area contributed by atoms with E-state index in [0.29, 0.717) is 18.1 Å². The molecule has 3 aliphatic rings. The van der Waals surface area contributed by atoms with E-state index in [1.165, 1.54) is 4.90 Å². The van der Waals surface area contributed by atoms with Gasteiger partial charge in [-0.3, -0.25) is 19.3 Å². The molecule has 132 valence electrons. The van der Waals surface area contributed by atoms with Gasteiger partial charge in [0, 0.05) is 18.1 Å². The van der Waals surface area contributed by atoms with E-state index in [1.54, 1.807) is 4.90 Å². The average Bonchev–Trinajstić information content (AvgIpc) is 3.17. The van der Waals surface area contributed by atoms with Crippen molar-refractivity contribution in [1.29, 1.82) is 0 Å². The van der Waals surface area contributed by atoms with Crippen molar-refractivity contribution < 1.29 is 14.4 Å². The lowest BCUT2D eigenvalue weighted by Gasteiger charge is -2.46. The standard InChI is InChI=1S/C18H19ClN2O3S/c19-13-5-3-12(4-6-13)18(7-1-2-8-18)16(23)20-9-14(10-20)21-15(22)11-25-17(21)24/h3-6,14H,1-2,7-11H2. The predicted octanol–water partition coefficient (Wildman–Crippen LogP) is 3.06. The van der Waals surface area contributed by atoms with Gasteiger partial charge in [0.15, 0.2) is 0 Å². The van der Waals surface area contributed by atoms with Gasteiger partial charge in [-0.1, -0.05) is 48.3 Å². The molecule has 1 aromatic carbocycles. The number of imide groups is 1. The molecule has 3 amide bonds. The van der Waals surface area contributed by atoms with Crippen molar-refractivity contribution in [1.82, 2.24) is 9.80 Å². The van der Waals surface area contributed by atoms with E-state index in [0.717, 1.165) is 43.0 Å². The molecule has 5 nitrogen and oxygen atoms in total. The summed E-state index contributed by atoms with van der Waals surface area (Å²) in [6.07, 6.45) is 3.74. The normalized spacial score (nSPS) is 23.2.